The van der Waals surface area contributed by atoms with Gasteiger partial charge in [0, 0.05) is 42.2 Å². The molecule has 0 unspecified atom stereocenters. The highest BCUT2D eigenvalue weighted by atomic mass is 32.2. The lowest BCUT2D eigenvalue weighted by atomic mass is 9.89. The van der Waals surface area contributed by atoms with Gasteiger partial charge in [-0.3, -0.25) is 9.59 Å². The average Bonchev–Trinajstić information content (AvgIpc) is 3.44. The van der Waals surface area contributed by atoms with Crippen molar-refractivity contribution < 1.29 is 22.5 Å². The Hall–Kier alpha value is -4.24. The van der Waals surface area contributed by atoms with E-state index < -0.39 is 9.84 Å². The van der Waals surface area contributed by atoms with Crippen molar-refractivity contribution in [2.45, 2.75) is 23.7 Å². The van der Waals surface area contributed by atoms with Crippen LogP contribution in [0.2, 0.25) is 0 Å². The van der Waals surface area contributed by atoms with Crippen LogP contribution in [0.25, 0.3) is 11.3 Å². The summed E-state index contributed by atoms with van der Waals surface area (Å²) in [7, 11) is -3.38. The molecule has 8 nitrogen and oxygen atoms in total. The monoisotopic (exact) mass is 529 g/mol. The van der Waals surface area contributed by atoms with Crippen LogP contribution in [0.4, 0.5) is 5.69 Å². The normalized spacial score (nSPS) is 14.3. The molecular weight excluding hydrogens is 502 g/mol. The minimum Gasteiger partial charge on any atom is -0.355 e. The summed E-state index contributed by atoms with van der Waals surface area (Å²) in [6, 6.07) is 25.0. The largest absolute Gasteiger partial charge is 0.355 e. The fourth-order valence-electron chi connectivity index (χ4n) is 4.61. The Morgan fingerprint density at radius 2 is 1.63 bits per heavy atom. The number of anilines is 1. The van der Waals surface area contributed by atoms with Crippen LogP contribution in [-0.4, -0.2) is 49.6 Å². The van der Waals surface area contributed by atoms with Crippen molar-refractivity contribution in [3.05, 3.63) is 102 Å². The van der Waals surface area contributed by atoms with Crippen LogP contribution >= 0.6 is 0 Å². The van der Waals surface area contributed by atoms with Gasteiger partial charge in [-0.05, 0) is 54.7 Å². The molecule has 9 heteroatoms. The number of rotatable bonds is 6. The Morgan fingerprint density at radius 3 is 2.32 bits per heavy atom. The van der Waals surface area contributed by atoms with Crippen molar-refractivity contribution in [1.29, 1.82) is 0 Å². The summed E-state index contributed by atoms with van der Waals surface area (Å²) in [5.41, 5.74) is 3.23. The van der Waals surface area contributed by atoms with E-state index in [0.717, 1.165) is 30.2 Å². The van der Waals surface area contributed by atoms with Gasteiger partial charge in [0.2, 0.25) is 0 Å². The second-order valence-corrected chi connectivity index (χ2v) is 11.4. The van der Waals surface area contributed by atoms with Gasteiger partial charge in [0.05, 0.1) is 4.90 Å². The van der Waals surface area contributed by atoms with Crippen LogP contribution in [0, 0.1) is 0 Å². The minimum absolute atomic E-state index is 0.144. The molecular formula is C29H27N3O5S. The summed E-state index contributed by atoms with van der Waals surface area (Å²) in [5.74, 6) is 0.305. The first-order chi connectivity index (χ1) is 18.3. The van der Waals surface area contributed by atoms with E-state index in [-0.39, 0.29) is 28.3 Å². The van der Waals surface area contributed by atoms with Crippen molar-refractivity contribution in [2.24, 2.45) is 0 Å². The highest BCUT2D eigenvalue weighted by Gasteiger charge is 2.25. The Morgan fingerprint density at radius 1 is 0.921 bits per heavy atom. The SMILES string of the molecule is CS(=O)(=O)c1cccc(C(=O)N2CCC(c3ccc(NC(=O)c4cc(-c5ccccc5)on4)cc3)CC2)c1. The van der Waals surface area contributed by atoms with E-state index in [0.29, 0.717) is 30.1 Å². The second-order valence-electron chi connectivity index (χ2n) is 9.39. The summed E-state index contributed by atoms with van der Waals surface area (Å²) < 4.78 is 29.0. The van der Waals surface area contributed by atoms with Gasteiger partial charge in [0.25, 0.3) is 11.8 Å². The molecule has 1 fully saturated rings. The van der Waals surface area contributed by atoms with Gasteiger partial charge in [-0.2, -0.15) is 0 Å². The molecule has 1 aliphatic heterocycles. The van der Waals surface area contributed by atoms with Gasteiger partial charge < -0.3 is 14.7 Å². The number of aromatic nitrogens is 1. The Balaban J connectivity index is 1.17. The zero-order valence-corrected chi connectivity index (χ0v) is 21.6. The molecule has 0 spiro atoms. The third-order valence-corrected chi connectivity index (χ3v) is 7.84. The van der Waals surface area contributed by atoms with Crippen LogP contribution in [0.1, 0.15) is 45.2 Å². The Labute approximate surface area is 221 Å². The molecule has 0 aliphatic carbocycles. The van der Waals surface area contributed by atoms with Gasteiger partial charge in [0.1, 0.15) is 0 Å². The van der Waals surface area contributed by atoms with Crippen molar-refractivity contribution in [2.75, 3.05) is 24.7 Å². The summed E-state index contributed by atoms with van der Waals surface area (Å²) in [6.07, 6.45) is 2.73. The third kappa shape index (κ3) is 5.68. The van der Waals surface area contributed by atoms with E-state index in [1.807, 2.05) is 54.6 Å². The number of amides is 2. The number of carbonyl (C=O) groups excluding carboxylic acids is 2. The van der Waals surface area contributed by atoms with Gasteiger partial charge in [0.15, 0.2) is 21.3 Å². The second kappa shape index (κ2) is 10.6. The summed E-state index contributed by atoms with van der Waals surface area (Å²) in [5, 5.41) is 6.74. The van der Waals surface area contributed by atoms with E-state index in [2.05, 4.69) is 10.5 Å². The first-order valence-corrected chi connectivity index (χ1v) is 14.2. The number of hydrogen-bond donors (Lipinski definition) is 1. The zero-order valence-electron chi connectivity index (χ0n) is 20.8. The predicted octanol–water partition coefficient (Wildman–Crippen LogP) is 5.02. The number of benzene rings is 3. The number of nitrogens with one attached hydrogen (secondary N) is 1. The fraction of sp³-hybridized carbons (Fsp3) is 0.207. The number of hydrogen-bond acceptors (Lipinski definition) is 6. The summed E-state index contributed by atoms with van der Waals surface area (Å²) in [6.45, 7) is 1.17. The molecule has 3 aromatic carbocycles. The molecule has 38 heavy (non-hydrogen) atoms. The van der Waals surface area contributed by atoms with Crippen LogP contribution in [0.3, 0.4) is 0 Å². The topological polar surface area (TPSA) is 110 Å². The van der Waals surface area contributed by atoms with E-state index in [1.54, 1.807) is 23.1 Å². The fourth-order valence-corrected chi connectivity index (χ4v) is 5.28. The van der Waals surface area contributed by atoms with E-state index >= 15 is 0 Å². The minimum atomic E-state index is -3.38. The van der Waals surface area contributed by atoms with Crippen molar-refractivity contribution in [3.63, 3.8) is 0 Å². The molecule has 1 aliphatic rings. The van der Waals surface area contributed by atoms with Gasteiger partial charge >= 0.3 is 0 Å². The smallest absolute Gasteiger partial charge is 0.277 e. The standard InChI is InChI=1S/C29H27N3O5S/c1-38(35,36)25-9-5-8-23(18-25)29(34)32-16-14-21(15-17-32)20-10-12-24(13-11-20)30-28(33)26-19-27(37-31-26)22-6-3-2-4-7-22/h2-13,18-19,21H,14-17H2,1H3,(H,30,33). The molecule has 1 N–H and O–H groups in total. The maximum atomic E-state index is 12.9. The summed E-state index contributed by atoms with van der Waals surface area (Å²) in [4.78, 5) is 27.5. The van der Waals surface area contributed by atoms with Gasteiger partial charge in [-0.25, -0.2) is 8.42 Å². The lowest BCUT2D eigenvalue weighted by Crippen LogP contribution is -2.38. The molecule has 2 amide bonds. The highest BCUT2D eigenvalue weighted by molar-refractivity contribution is 7.90. The van der Waals surface area contributed by atoms with Crippen molar-refractivity contribution >= 4 is 27.3 Å². The first-order valence-electron chi connectivity index (χ1n) is 12.3. The number of nitrogens with zero attached hydrogens (tertiary/aromatic N) is 2. The zero-order chi connectivity index (χ0) is 26.7. The van der Waals surface area contributed by atoms with Gasteiger partial charge in [-0.15, -0.1) is 0 Å². The average molecular weight is 530 g/mol. The van der Waals surface area contributed by atoms with E-state index in [9.17, 15) is 18.0 Å². The van der Waals surface area contributed by atoms with Crippen LogP contribution in [0.5, 0.6) is 0 Å². The molecule has 0 radical (unpaired) electrons. The molecule has 0 saturated carbocycles. The number of sulfone groups is 1. The molecule has 0 bridgehead atoms. The van der Waals surface area contributed by atoms with Gasteiger partial charge in [-0.1, -0.05) is 53.7 Å². The highest BCUT2D eigenvalue weighted by Crippen LogP contribution is 2.30. The molecule has 2 heterocycles. The quantitative estimate of drug-likeness (QED) is 0.376. The predicted molar refractivity (Wildman–Crippen MR) is 144 cm³/mol. The molecule has 5 rings (SSSR count). The third-order valence-electron chi connectivity index (χ3n) is 6.73. The van der Waals surface area contributed by atoms with E-state index in [1.165, 1.54) is 12.1 Å². The lowest BCUT2D eigenvalue weighted by Gasteiger charge is -2.32. The maximum absolute atomic E-state index is 12.9. The van der Waals surface area contributed by atoms with Crippen molar-refractivity contribution in [1.82, 2.24) is 10.1 Å². The van der Waals surface area contributed by atoms with E-state index in [4.69, 9.17) is 4.52 Å². The first kappa shape index (κ1) is 25.4. The Kier molecular flexibility index (Phi) is 7.11. The molecule has 194 valence electrons. The van der Waals surface area contributed by atoms with Crippen LogP contribution in [-0.2, 0) is 9.84 Å². The Bertz CT molecular complexity index is 1560. The van der Waals surface area contributed by atoms with Crippen LogP contribution < -0.4 is 5.32 Å². The number of piperidine rings is 1. The molecule has 0 atom stereocenters. The lowest BCUT2D eigenvalue weighted by molar-refractivity contribution is 0.0712. The molecule has 1 aromatic heterocycles. The molecule has 4 aromatic rings. The van der Waals surface area contributed by atoms with Crippen LogP contribution in [0.15, 0.2) is 94.3 Å². The maximum Gasteiger partial charge on any atom is 0.277 e. The van der Waals surface area contributed by atoms with Crippen molar-refractivity contribution in [3.8, 4) is 11.3 Å². The number of carbonyl (C=O) groups is 2. The number of likely N-dealkylation sites (tertiary alicyclic amines) is 1. The molecule has 1 saturated heterocycles. The summed E-state index contributed by atoms with van der Waals surface area (Å²) >= 11 is 0.